The lowest BCUT2D eigenvalue weighted by atomic mass is 10.2. The summed E-state index contributed by atoms with van der Waals surface area (Å²) in [6.45, 7) is -3.00. The lowest BCUT2D eigenvalue weighted by Crippen LogP contribution is -2.37. The lowest BCUT2D eigenvalue weighted by molar-refractivity contribution is -0.0498. The van der Waals surface area contributed by atoms with Gasteiger partial charge in [0.15, 0.2) is 0 Å². The van der Waals surface area contributed by atoms with Crippen LogP contribution >= 0.6 is 11.6 Å². The van der Waals surface area contributed by atoms with Crippen LogP contribution in [0, 0.1) is 0 Å². The van der Waals surface area contributed by atoms with Crippen molar-refractivity contribution in [3.63, 3.8) is 0 Å². The van der Waals surface area contributed by atoms with Crippen molar-refractivity contribution >= 4 is 21.6 Å². The van der Waals surface area contributed by atoms with Gasteiger partial charge in [-0.3, -0.25) is 0 Å². The van der Waals surface area contributed by atoms with Crippen molar-refractivity contribution in [2.75, 3.05) is 13.2 Å². The van der Waals surface area contributed by atoms with Gasteiger partial charge in [-0.1, -0.05) is 11.6 Å². The van der Waals surface area contributed by atoms with E-state index in [4.69, 9.17) is 11.6 Å². The summed E-state index contributed by atoms with van der Waals surface area (Å²) in [6.07, 6.45) is 1.24. The van der Waals surface area contributed by atoms with Crippen molar-refractivity contribution in [1.82, 2.24) is 4.31 Å². The molecule has 1 fully saturated rings. The summed E-state index contributed by atoms with van der Waals surface area (Å²) in [5, 5.41) is 9.00. The van der Waals surface area contributed by atoms with Gasteiger partial charge in [-0.15, -0.1) is 0 Å². The Bertz CT molecular complexity index is 611. The minimum absolute atomic E-state index is 0.116. The summed E-state index contributed by atoms with van der Waals surface area (Å²) < 4.78 is 54.6. The monoisotopic (exact) mass is 341 g/mol. The third-order valence-electron chi connectivity index (χ3n) is 3.26. The Morgan fingerprint density at radius 1 is 1.48 bits per heavy atom. The maximum absolute atomic E-state index is 12.5. The Kier molecular flexibility index (Phi) is 5.03. The van der Waals surface area contributed by atoms with Gasteiger partial charge >= 0.3 is 6.61 Å². The molecule has 0 radical (unpaired) electrons. The zero-order valence-corrected chi connectivity index (χ0v) is 12.4. The van der Waals surface area contributed by atoms with Gasteiger partial charge in [0, 0.05) is 12.6 Å². The zero-order valence-electron chi connectivity index (χ0n) is 10.9. The quantitative estimate of drug-likeness (QED) is 0.890. The first-order valence-electron chi connectivity index (χ1n) is 6.23. The molecule has 1 saturated heterocycles. The van der Waals surface area contributed by atoms with E-state index in [0.29, 0.717) is 19.4 Å². The molecule has 21 heavy (non-hydrogen) atoms. The number of hydrogen-bond donors (Lipinski definition) is 1. The van der Waals surface area contributed by atoms with E-state index in [1.165, 1.54) is 4.31 Å². The molecule has 2 rings (SSSR count). The van der Waals surface area contributed by atoms with Gasteiger partial charge in [-0.2, -0.15) is 13.1 Å². The molecule has 0 unspecified atom stereocenters. The van der Waals surface area contributed by atoms with Crippen LogP contribution in [0.15, 0.2) is 23.1 Å². The molecular weight excluding hydrogens is 328 g/mol. The van der Waals surface area contributed by atoms with Crippen LogP contribution in [0.3, 0.4) is 0 Å². The maximum atomic E-state index is 12.5. The second kappa shape index (κ2) is 6.43. The minimum atomic E-state index is -3.82. The first-order valence-corrected chi connectivity index (χ1v) is 8.05. The minimum Gasteiger partial charge on any atom is -0.433 e. The highest BCUT2D eigenvalue weighted by Gasteiger charge is 2.35. The summed E-state index contributed by atoms with van der Waals surface area (Å²) in [4.78, 5) is -0.116. The number of benzene rings is 1. The molecule has 118 valence electrons. The molecule has 0 spiro atoms. The highest BCUT2D eigenvalue weighted by Crippen LogP contribution is 2.32. The van der Waals surface area contributed by atoms with Gasteiger partial charge in [0.25, 0.3) is 0 Å². The molecule has 0 aliphatic carbocycles. The first-order chi connectivity index (χ1) is 9.86. The van der Waals surface area contributed by atoms with E-state index in [0.717, 1.165) is 18.2 Å². The smallest absolute Gasteiger partial charge is 0.387 e. The van der Waals surface area contributed by atoms with Crippen LogP contribution in [-0.2, 0) is 10.0 Å². The van der Waals surface area contributed by atoms with Crippen LogP contribution < -0.4 is 4.74 Å². The molecular formula is C12H14ClF2NO4S. The summed E-state index contributed by atoms with van der Waals surface area (Å²) in [6, 6.07) is 2.85. The first kappa shape index (κ1) is 16.4. The van der Waals surface area contributed by atoms with E-state index in [1.54, 1.807) is 0 Å². The number of hydrogen-bond acceptors (Lipinski definition) is 4. The molecule has 1 aliphatic rings. The molecule has 1 heterocycles. The van der Waals surface area contributed by atoms with Crippen LogP contribution in [0.1, 0.15) is 12.8 Å². The van der Waals surface area contributed by atoms with Crippen LogP contribution in [0.25, 0.3) is 0 Å². The van der Waals surface area contributed by atoms with Crippen molar-refractivity contribution in [1.29, 1.82) is 0 Å². The molecule has 0 amide bonds. The summed E-state index contributed by atoms with van der Waals surface area (Å²) >= 11 is 5.77. The van der Waals surface area contributed by atoms with Crippen molar-refractivity contribution in [2.24, 2.45) is 0 Å². The van der Waals surface area contributed by atoms with E-state index in [-0.39, 0.29) is 22.3 Å². The lowest BCUT2D eigenvalue weighted by Gasteiger charge is -2.22. The van der Waals surface area contributed by atoms with Gasteiger partial charge in [-0.05, 0) is 31.0 Å². The number of ether oxygens (including phenoxy) is 1. The number of halogens is 3. The Labute approximate surface area is 126 Å². The number of aliphatic hydroxyl groups is 1. The van der Waals surface area contributed by atoms with E-state index in [1.807, 2.05) is 0 Å². The second-order valence-electron chi connectivity index (χ2n) is 4.57. The number of rotatable bonds is 5. The number of alkyl halides is 2. The maximum Gasteiger partial charge on any atom is 0.387 e. The highest BCUT2D eigenvalue weighted by molar-refractivity contribution is 7.89. The predicted octanol–water partition coefficient (Wildman–Crippen LogP) is 2.09. The third-order valence-corrected chi connectivity index (χ3v) is 5.50. The largest absolute Gasteiger partial charge is 0.433 e. The van der Waals surface area contributed by atoms with E-state index in [9.17, 15) is 22.3 Å². The van der Waals surface area contributed by atoms with Crippen LogP contribution in [0.5, 0.6) is 5.75 Å². The molecule has 1 aromatic rings. The third kappa shape index (κ3) is 3.45. The zero-order chi connectivity index (χ0) is 15.6. The van der Waals surface area contributed by atoms with Crippen LogP contribution in [-0.4, -0.2) is 43.6 Å². The fraction of sp³-hybridized carbons (Fsp3) is 0.500. The van der Waals surface area contributed by atoms with Crippen LogP contribution in [0.2, 0.25) is 5.02 Å². The Morgan fingerprint density at radius 2 is 2.19 bits per heavy atom. The molecule has 1 aromatic carbocycles. The highest BCUT2D eigenvalue weighted by atomic mass is 35.5. The van der Waals surface area contributed by atoms with Crippen molar-refractivity contribution in [3.8, 4) is 5.75 Å². The Morgan fingerprint density at radius 3 is 2.76 bits per heavy atom. The Balaban J connectivity index is 2.31. The van der Waals surface area contributed by atoms with Gasteiger partial charge in [0.2, 0.25) is 10.0 Å². The molecule has 0 saturated carbocycles. The molecule has 0 bridgehead atoms. The average molecular weight is 342 g/mol. The summed E-state index contributed by atoms with van der Waals surface area (Å²) in [7, 11) is -3.82. The predicted molar refractivity (Wildman–Crippen MR) is 72.1 cm³/mol. The van der Waals surface area contributed by atoms with Gasteiger partial charge < -0.3 is 9.84 Å². The summed E-state index contributed by atoms with van der Waals surface area (Å²) in [5.74, 6) is -0.286. The topological polar surface area (TPSA) is 66.8 Å². The van der Waals surface area contributed by atoms with Gasteiger partial charge in [0.05, 0.1) is 16.5 Å². The summed E-state index contributed by atoms with van der Waals surface area (Å²) in [5.41, 5.74) is 0. The van der Waals surface area contributed by atoms with Crippen LogP contribution in [0.4, 0.5) is 8.78 Å². The molecule has 0 aromatic heterocycles. The standard InChI is InChI=1S/C12H14ClF2NO4S/c13-10-6-9(3-4-11(10)20-12(14)15)21(18,19)16-5-1-2-8(16)7-17/h3-4,6,8,12,17H,1-2,5,7H2/t8-/m1/s1. The molecule has 5 nitrogen and oxygen atoms in total. The molecule has 9 heteroatoms. The average Bonchev–Trinajstić information content (AvgIpc) is 2.89. The molecule has 1 aliphatic heterocycles. The Hall–Kier alpha value is -0.960. The van der Waals surface area contributed by atoms with E-state index in [2.05, 4.69) is 4.74 Å². The molecule has 1 atom stereocenters. The fourth-order valence-electron chi connectivity index (χ4n) is 2.28. The number of sulfonamides is 1. The fourth-order valence-corrected chi connectivity index (χ4v) is 4.28. The molecule has 1 N–H and O–H groups in total. The number of aliphatic hydroxyl groups excluding tert-OH is 1. The van der Waals surface area contributed by atoms with Crippen molar-refractivity contribution < 1.29 is 27.0 Å². The second-order valence-corrected chi connectivity index (χ2v) is 6.86. The SMILES string of the molecule is O=S(=O)(c1ccc(OC(F)F)c(Cl)c1)N1CCC[C@@H]1CO. The van der Waals surface area contributed by atoms with Gasteiger partial charge in [0.1, 0.15) is 5.75 Å². The van der Waals surface area contributed by atoms with Crippen molar-refractivity contribution in [2.45, 2.75) is 30.4 Å². The van der Waals surface area contributed by atoms with E-state index < -0.39 is 22.7 Å². The number of nitrogens with zero attached hydrogens (tertiary/aromatic N) is 1. The van der Waals surface area contributed by atoms with Crippen molar-refractivity contribution in [3.05, 3.63) is 23.2 Å². The normalized spacial score (nSPS) is 20.1. The van der Waals surface area contributed by atoms with E-state index >= 15 is 0 Å². The van der Waals surface area contributed by atoms with Gasteiger partial charge in [-0.25, -0.2) is 8.42 Å².